The normalized spacial score (nSPS) is 23.3. The van der Waals surface area contributed by atoms with Crippen LogP contribution in [0.1, 0.15) is 23.2 Å². The standard InChI is InChI=1S/C17H18ClN3O3/c18-12-4-2-11(3-5-12)15-14(17(22)23)16(20-24-15)21-8-10-1-6-13(9-21)19-7-10/h2-5,10,13,19H,1,6-9H2,(H,22,23)/t10-,13-/m0/s1. The first-order valence-electron chi connectivity index (χ1n) is 8.09. The fourth-order valence-electron chi connectivity index (χ4n) is 3.60. The maximum absolute atomic E-state index is 11.9. The molecule has 6 nitrogen and oxygen atoms in total. The lowest BCUT2D eigenvalue weighted by Crippen LogP contribution is -2.39. The van der Waals surface area contributed by atoms with E-state index in [0.717, 1.165) is 26.1 Å². The Morgan fingerprint density at radius 1 is 1.29 bits per heavy atom. The number of carboxylic acids is 1. The smallest absolute Gasteiger partial charge is 0.343 e. The second-order valence-corrected chi connectivity index (χ2v) is 6.91. The predicted molar refractivity (Wildman–Crippen MR) is 90.6 cm³/mol. The van der Waals surface area contributed by atoms with E-state index in [1.165, 1.54) is 6.42 Å². The number of nitrogens with one attached hydrogen (secondary N) is 1. The van der Waals surface area contributed by atoms with E-state index < -0.39 is 5.97 Å². The van der Waals surface area contributed by atoms with Crippen molar-refractivity contribution in [2.75, 3.05) is 24.5 Å². The van der Waals surface area contributed by atoms with Gasteiger partial charge in [0.1, 0.15) is 0 Å². The molecule has 0 unspecified atom stereocenters. The molecule has 7 heteroatoms. The van der Waals surface area contributed by atoms with Crippen molar-refractivity contribution in [3.63, 3.8) is 0 Å². The Hall–Kier alpha value is -2.05. The zero-order chi connectivity index (χ0) is 16.7. The molecule has 5 rings (SSSR count). The number of halogens is 1. The summed E-state index contributed by atoms with van der Waals surface area (Å²) in [5.74, 6) is 0.189. The van der Waals surface area contributed by atoms with Crippen LogP contribution in [0.4, 0.5) is 5.82 Å². The van der Waals surface area contributed by atoms with Crippen LogP contribution in [-0.2, 0) is 0 Å². The number of piperidine rings is 1. The minimum Gasteiger partial charge on any atom is -0.477 e. The van der Waals surface area contributed by atoms with Gasteiger partial charge in [0.15, 0.2) is 17.1 Å². The molecule has 0 radical (unpaired) electrons. The van der Waals surface area contributed by atoms with Gasteiger partial charge in [-0.25, -0.2) is 4.79 Å². The highest BCUT2D eigenvalue weighted by Gasteiger charge is 2.34. The van der Waals surface area contributed by atoms with Gasteiger partial charge >= 0.3 is 5.97 Å². The lowest BCUT2D eigenvalue weighted by atomic mass is 9.97. The molecule has 2 bridgehead atoms. The number of nitrogens with zero attached hydrogens (tertiary/aromatic N) is 2. The van der Waals surface area contributed by atoms with Crippen LogP contribution >= 0.6 is 11.6 Å². The molecule has 2 atom stereocenters. The largest absolute Gasteiger partial charge is 0.477 e. The van der Waals surface area contributed by atoms with Crippen LogP contribution in [0.25, 0.3) is 11.3 Å². The molecular weight excluding hydrogens is 330 g/mol. The molecule has 0 saturated carbocycles. The molecular formula is C17H18ClN3O3. The molecule has 0 aliphatic carbocycles. The summed E-state index contributed by atoms with van der Waals surface area (Å²) in [6, 6.07) is 7.28. The fourth-order valence-corrected chi connectivity index (χ4v) is 3.73. The van der Waals surface area contributed by atoms with Gasteiger partial charge in [0, 0.05) is 29.7 Å². The first-order valence-corrected chi connectivity index (χ1v) is 8.47. The minimum atomic E-state index is -1.03. The van der Waals surface area contributed by atoms with Gasteiger partial charge in [-0.15, -0.1) is 0 Å². The second-order valence-electron chi connectivity index (χ2n) is 6.48. The fraction of sp³-hybridized carbons (Fsp3) is 0.412. The van der Waals surface area contributed by atoms with Crippen LogP contribution < -0.4 is 10.2 Å². The first kappa shape index (κ1) is 15.5. The summed E-state index contributed by atoms with van der Waals surface area (Å²) in [4.78, 5) is 13.9. The van der Waals surface area contributed by atoms with Gasteiger partial charge in [-0.2, -0.15) is 0 Å². The van der Waals surface area contributed by atoms with Gasteiger partial charge < -0.3 is 19.8 Å². The molecule has 1 aromatic heterocycles. The van der Waals surface area contributed by atoms with E-state index >= 15 is 0 Å². The average Bonchev–Trinajstić information content (AvgIpc) is 2.80. The van der Waals surface area contributed by atoms with Crippen molar-refractivity contribution < 1.29 is 14.4 Å². The Morgan fingerprint density at radius 2 is 2.08 bits per heavy atom. The van der Waals surface area contributed by atoms with Crippen LogP contribution in [0.2, 0.25) is 5.02 Å². The minimum absolute atomic E-state index is 0.124. The molecule has 3 fully saturated rings. The zero-order valence-electron chi connectivity index (χ0n) is 13.0. The summed E-state index contributed by atoms with van der Waals surface area (Å²) >= 11 is 5.91. The highest BCUT2D eigenvalue weighted by molar-refractivity contribution is 6.30. The van der Waals surface area contributed by atoms with E-state index in [1.807, 2.05) is 0 Å². The number of carbonyl (C=O) groups is 1. The molecule has 0 amide bonds. The number of hydrogen-bond donors (Lipinski definition) is 2. The van der Waals surface area contributed by atoms with Crippen LogP contribution in [0.15, 0.2) is 28.8 Å². The van der Waals surface area contributed by atoms with E-state index in [2.05, 4.69) is 15.4 Å². The van der Waals surface area contributed by atoms with E-state index in [4.69, 9.17) is 16.1 Å². The average molecular weight is 348 g/mol. The lowest BCUT2D eigenvalue weighted by Gasteiger charge is -2.23. The number of benzene rings is 1. The highest BCUT2D eigenvalue weighted by atomic mass is 35.5. The maximum atomic E-state index is 11.9. The quantitative estimate of drug-likeness (QED) is 0.888. The van der Waals surface area contributed by atoms with Gasteiger partial charge in [-0.1, -0.05) is 16.8 Å². The van der Waals surface area contributed by atoms with Crippen molar-refractivity contribution in [1.82, 2.24) is 10.5 Å². The van der Waals surface area contributed by atoms with E-state index in [1.54, 1.807) is 24.3 Å². The molecule has 3 aliphatic heterocycles. The third-order valence-corrected chi connectivity index (χ3v) is 5.08. The zero-order valence-corrected chi connectivity index (χ0v) is 13.8. The molecule has 4 heterocycles. The van der Waals surface area contributed by atoms with Crippen molar-refractivity contribution in [2.45, 2.75) is 18.9 Å². The summed E-state index contributed by atoms with van der Waals surface area (Å²) in [6.45, 7) is 2.53. The monoisotopic (exact) mass is 347 g/mol. The predicted octanol–water partition coefficient (Wildman–Crippen LogP) is 2.88. The number of rotatable bonds is 3. The third-order valence-electron chi connectivity index (χ3n) is 4.83. The molecule has 126 valence electrons. The van der Waals surface area contributed by atoms with Gasteiger partial charge in [-0.05, 0) is 49.6 Å². The van der Waals surface area contributed by atoms with Crippen molar-refractivity contribution >= 4 is 23.4 Å². The van der Waals surface area contributed by atoms with E-state index in [-0.39, 0.29) is 11.3 Å². The summed E-state index contributed by atoms with van der Waals surface area (Å²) in [5, 5.41) is 17.9. The molecule has 3 saturated heterocycles. The van der Waals surface area contributed by atoms with Crippen LogP contribution in [0.3, 0.4) is 0 Å². The molecule has 2 aromatic rings. The Balaban J connectivity index is 1.74. The van der Waals surface area contributed by atoms with Crippen LogP contribution in [0, 0.1) is 5.92 Å². The Kier molecular flexibility index (Phi) is 3.94. The number of anilines is 1. The summed E-state index contributed by atoms with van der Waals surface area (Å²) < 4.78 is 5.43. The lowest BCUT2D eigenvalue weighted by molar-refractivity contribution is 0.0697. The van der Waals surface area contributed by atoms with Crippen molar-refractivity contribution in [1.29, 1.82) is 0 Å². The number of carboxylic acid groups (broad SMARTS) is 1. The second kappa shape index (κ2) is 6.11. The molecule has 0 spiro atoms. The Labute approximate surface area is 144 Å². The Morgan fingerprint density at radius 3 is 2.75 bits per heavy atom. The number of aromatic nitrogens is 1. The summed E-state index contributed by atoms with van der Waals surface area (Å²) in [5.41, 5.74) is 0.782. The number of hydrogen-bond acceptors (Lipinski definition) is 5. The molecule has 1 aromatic carbocycles. The topological polar surface area (TPSA) is 78.6 Å². The van der Waals surface area contributed by atoms with Gasteiger partial charge in [-0.3, -0.25) is 0 Å². The summed E-state index contributed by atoms with van der Waals surface area (Å²) in [6.07, 6.45) is 2.28. The molecule has 24 heavy (non-hydrogen) atoms. The van der Waals surface area contributed by atoms with E-state index in [9.17, 15) is 9.90 Å². The molecule has 2 N–H and O–H groups in total. The van der Waals surface area contributed by atoms with Crippen molar-refractivity contribution in [3.8, 4) is 11.3 Å². The Bertz CT molecular complexity index is 737. The maximum Gasteiger partial charge on any atom is 0.343 e. The van der Waals surface area contributed by atoms with Crippen LogP contribution in [0.5, 0.6) is 0 Å². The third kappa shape index (κ3) is 2.76. The number of aromatic carboxylic acids is 1. The number of fused-ring (bicyclic) bond motifs is 4. The SMILES string of the molecule is O=C(O)c1c(N2C[C@H]3CC[C@@H](C2)NC3)noc1-c1ccc(Cl)cc1. The van der Waals surface area contributed by atoms with Gasteiger partial charge in [0.2, 0.25) is 0 Å². The van der Waals surface area contributed by atoms with Crippen LogP contribution in [-0.4, -0.2) is 41.9 Å². The highest BCUT2D eigenvalue weighted by Crippen LogP contribution is 2.34. The first-order chi connectivity index (χ1) is 11.6. The van der Waals surface area contributed by atoms with Crippen molar-refractivity contribution in [3.05, 3.63) is 34.9 Å². The van der Waals surface area contributed by atoms with Gasteiger partial charge in [0.05, 0.1) is 0 Å². The van der Waals surface area contributed by atoms with Crippen molar-refractivity contribution in [2.24, 2.45) is 5.92 Å². The van der Waals surface area contributed by atoms with Gasteiger partial charge in [0.25, 0.3) is 0 Å². The summed E-state index contributed by atoms with van der Waals surface area (Å²) in [7, 11) is 0. The van der Waals surface area contributed by atoms with E-state index in [0.29, 0.717) is 28.4 Å². The molecule has 3 aliphatic rings.